The minimum absolute atomic E-state index is 0. The van der Waals surface area contributed by atoms with Crippen LogP contribution in [0.3, 0.4) is 0 Å². The van der Waals surface area contributed by atoms with Gasteiger partial charge in [-0.3, -0.25) is 0 Å². The fraction of sp³-hybridized carbons (Fsp3) is 0.267. The van der Waals surface area contributed by atoms with Crippen molar-refractivity contribution in [2.24, 2.45) is 5.92 Å². The van der Waals surface area contributed by atoms with Crippen molar-refractivity contribution in [1.29, 1.82) is 0 Å². The van der Waals surface area contributed by atoms with Gasteiger partial charge in [0.1, 0.15) is 0 Å². The van der Waals surface area contributed by atoms with Gasteiger partial charge in [0.15, 0.2) is 0 Å². The van der Waals surface area contributed by atoms with Crippen LogP contribution in [0.5, 0.6) is 0 Å². The van der Waals surface area contributed by atoms with Crippen molar-refractivity contribution in [1.82, 2.24) is 0 Å². The Kier molecular flexibility index (Phi) is 8.91. The normalized spacial score (nSPS) is 9.19. The third-order valence-electron chi connectivity index (χ3n) is 2.40. The van der Waals surface area contributed by atoms with Crippen molar-refractivity contribution < 1.29 is 25.8 Å². The molecule has 0 unspecified atom stereocenters. The minimum Gasteiger partial charge on any atom is -0.358 e. The van der Waals surface area contributed by atoms with Crippen LogP contribution in [0.4, 0.5) is 0 Å². The number of fused-ring (bicyclic) bond motifs is 1. The quantitative estimate of drug-likeness (QED) is 0.526. The predicted molar refractivity (Wildman–Crippen MR) is 70.9 cm³/mol. The van der Waals surface area contributed by atoms with Crippen molar-refractivity contribution in [2.75, 3.05) is 0 Å². The van der Waals surface area contributed by atoms with E-state index in [9.17, 15) is 0 Å². The molecule has 0 radical (unpaired) electrons. The molecular formula is C15H21Hf-3. The molecule has 1 heteroatoms. The molecule has 0 aliphatic rings. The molecule has 2 aromatic rings. The van der Waals surface area contributed by atoms with E-state index in [0.29, 0.717) is 0 Å². The summed E-state index contributed by atoms with van der Waals surface area (Å²) in [5.74, 6) is 0.741. The Hall–Kier alpha value is -0.300. The molecule has 0 N–H and O–H groups in total. The average molecular weight is 380 g/mol. The first-order valence-corrected chi connectivity index (χ1v) is 4.90. The number of hydrogen-bond acceptors (Lipinski definition) is 0. The van der Waals surface area contributed by atoms with Crippen molar-refractivity contribution in [2.45, 2.75) is 20.3 Å². The van der Waals surface area contributed by atoms with Gasteiger partial charge in [-0.1, -0.05) is 32.3 Å². The molecule has 88 valence electrons. The van der Waals surface area contributed by atoms with Crippen LogP contribution in [0.1, 0.15) is 19.4 Å². The van der Waals surface area contributed by atoms with E-state index >= 15 is 0 Å². The molecule has 16 heavy (non-hydrogen) atoms. The van der Waals surface area contributed by atoms with Crippen molar-refractivity contribution in [3.05, 3.63) is 56.8 Å². The molecule has 0 atom stereocenters. The summed E-state index contributed by atoms with van der Waals surface area (Å²) < 4.78 is 0. The molecule has 0 amide bonds. The SMILES string of the molecule is CC(C)C[c-]1ccc2ccccc21.[CH3-].[CH3-].[Hf]. The second-order valence-corrected chi connectivity index (χ2v) is 4.04. The smallest absolute Gasteiger partial charge is 0 e. The zero-order valence-electron chi connectivity index (χ0n) is 10.7. The second-order valence-electron chi connectivity index (χ2n) is 4.04. The predicted octanol–water partition coefficient (Wildman–Crippen LogP) is 4.66. The number of rotatable bonds is 2. The largest absolute Gasteiger partial charge is 0.358 e. The molecule has 0 aliphatic carbocycles. The maximum Gasteiger partial charge on any atom is 0 e. The summed E-state index contributed by atoms with van der Waals surface area (Å²) in [6.45, 7) is 4.53. The summed E-state index contributed by atoms with van der Waals surface area (Å²) in [4.78, 5) is 0. The molecule has 2 aromatic carbocycles. The standard InChI is InChI=1S/C13H15.2CH3.Hf/c1-10(2)9-12-8-7-11-5-3-4-6-13(11)12;;;/h3-8,10H,9H2,1-2H3;2*1H3;/q3*-1;. The Morgan fingerprint density at radius 2 is 1.69 bits per heavy atom. The summed E-state index contributed by atoms with van der Waals surface area (Å²) in [6, 6.07) is 13.1. The molecule has 0 bridgehead atoms. The van der Waals surface area contributed by atoms with Gasteiger partial charge in [-0.25, -0.2) is 0 Å². The first-order chi connectivity index (χ1) is 6.27. The average Bonchev–Trinajstić information content (AvgIpc) is 2.48. The van der Waals surface area contributed by atoms with E-state index in [4.69, 9.17) is 0 Å². The van der Waals surface area contributed by atoms with Gasteiger partial charge >= 0.3 is 0 Å². The fourth-order valence-corrected chi connectivity index (χ4v) is 1.83. The summed E-state index contributed by atoms with van der Waals surface area (Å²) in [5, 5.41) is 2.80. The number of benzene rings is 1. The summed E-state index contributed by atoms with van der Waals surface area (Å²) in [5.41, 5.74) is 1.49. The molecular weight excluding hydrogens is 359 g/mol. The van der Waals surface area contributed by atoms with Crippen molar-refractivity contribution >= 4 is 10.8 Å². The van der Waals surface area contributed by atoms with Crippen LogP contribution in [0.15, 0.2) is 36.4 Å². The molecule has 0 saturated heterocycles. The van der Waals surface area contributed by atoms with E-state index in [0.717, 1.165) is 5.92 Å². The fourth-order valence-electron chi connectivity index (χ4n) is 1.83. The topological polar surface area (TPSA) is 0 Å². The Morgan fingerprint density at radius 1 is 1.06 bits per heavy atom. The van der Waals surface area contributed by atoms with Gasteiger partial charge in [-0.2, -0.15) is 6.07 Å². The maximum absolute atomic E-state index is 2.27. The number of hydrogen-bond donors (Lipinski definition) is 0. The van der Waals surface area contributed by atoms with Crippen LogP contribution < -0.4 is 0 Å². The van der Waals surface area contributed by atoms with Crippen LogP contribution in [0, 0.1) is 20.8 Å². The van der Waals surface area contributed by atoms with E-state index < -0.39 is 0 Å². The Morgan fingerprint density at radius 3 is 2.31 bits per heavy atom. The molecule has 0 aliphatic heterocycles. The molecule has 0 heterocycles. The van der Waals surface area contributed by atoms with E-state index in [1.807, 2.05) is 0 Å². The Balaban J connectivity index is 0. The summed E-state index contributed by atoms with van der Waals surface area (Å²) in [6.07, 6.45) is 1.19. The van der Waals surface area contributed by atoms with Gasteiger partial charge in [-0.05, 0) is 0 Å². The van der Waals surface area contributed by atoms with Crippen LogP contribution >= 0.6 is 0 Å². The van der Waals surface area contributed by atoms with Gasteiger partial charge in [0.25, 0.3) is 0 Å². The van der Waals surface area contributed by atoms with Crippen molar-refractivity contribution in [3.63, 3.8) is 0 Å². The Labute approximate surface area is 119 Å². The van der Waals surface area contributed by atoms with Crippen LogP contribution in [0.25, 0.3) is 10.8 Å². The molecule has 0 nitrogen and oxygen atoms in total. The summed E-state index contributed by atoms with van der Waals surface area (Å²) >= 11 is 0. The minimum atomic E-state index is 0. The monoisotopic (exact) mass is 381 g/mol. The van der Waals surface area contributed by atoms with Crippen LogP contribution in [-0.4, -0.2) is 0 Å². The van der Waals surface area contributed by atoms with Gasteiger partial charge in [0.2, 0.25) is 0 Å². The van der Waals surface area contributed by atoms with Gasteiger partial charge in [0, 0.05) is 25.8 Å². The molecule has 2 rings (SSSR count). The zero-order valence-corrected chi connectivity index (χ0v) is 14.3. The molecule has 0 saturated carbocycles. The van der Waals surface area contributed by atoms with E-state index in [1.165, 1.54) is 22.8 Å². The van der Waals surface area contributed by atoms with Crippen LogP contribution in [-0.2, 0) is 32.3 Å². The van der Waals surface area contributed by atoms with Crippen molar-refractivity contribution in [3.8, 4) is 0 Å². The first-order valence-electron chi connectivity index (χ1n) is 4.90. The van der Waals surface area contributed by atoms with Crippen LogP contribution in [0.2, 0.25) is 0 Å². The third kappa shape index (κ3) is 3.93. The van der Waals surface area contributed by atoms with E-state index in [2.05, 4.69) is 50.2 Å². The molecule has 0 spiro atoms. The maximum atomic E-state index is 2.27. The Bertz CT molecular complexity index is 398. The van der Waals surface area contributed by atoms with Gasteiger partial charge in [0.05, 0.1) is 0 Å². The molecule has 0 aromatic heterocycles. The van der Waals surface area contributed by atoms with Gasteiger partial charge in [-0.15, -0.1) is 40.6 Å². The third-order valence-corrected chi connectivity index (χ3v) is 2.40. The second kappa shape index (κ2) is 7.89. The van der Waals surface area contributed by atoms with E-state index in [1.54, 1.807) is 0 Å². The molecule has 0 fully saturated rings. The first kappa shape index (κ1) is 18.1. The summed E-state index contributed by atoms with van der Waals surface area (Å²) in [7, 11) is 0. The zero-order chi connectivity index (χ0) is 9.26. The van der Waals surface area contributed by atoms with Gasteiger partial charge < -0.3 is 14.9 Å². The van der Waals surface area contributed by atoms with E-state index in [-0.39, 0.29) is 40.7 Å².